The van der Waals surface area contributed by atoms with Gasteiger partial charge in [-0.05, 0) is 43.7 Å². The van der Waals surface area contributed by atoms with Gasteiger partial charge in [-0.15, -0.1) is 0 Å². The SMILES string of the molecule is O=C(NCc1cn2ccccc2n1)c1cn(C2CC2)cc(C(=O)NCC2CCCCC2)c1=O. The van der Waals surface area contributed by atoms with E-state index in [4.69, 9.17) is 0 Å². The van der Waals surface area contributed by atoms with Gasteiger partial charge in [0, 0.05) is 37.4 Å². The molecule has 33 heavy (non-hydrogen) atoms. The van der Waals surface area contributed by atoms with Crippen LogP contribution in [0.4, 0.5) is 0 Å². The molecule has 172 valence electrons. The molecule has 0 aliphatic heterocycles. The van der Waals surface area contributed by atoms with Crippen molar-refractivity contribution in [2.75, 3.05) is 6.54 Å². The summed E-state index contributed by atoms with van der Waals surface area (Å²) in [5.41, 5.74) is 0.988. The molecule has 8 nitrogen and oxygen atoms in total. The van der Waals surface area contributed by atoms with E-state index in [0.29, 0.717) is 18.2 Å². The number of imidazole rings is 1. The Morgan fingerprint density at radius 3 is 2.36 bits per heavy atom. The fraction of sp³-hybridized carbons (Fsp3) is 0.440. The lowest BCUT2D eigenvalue weighted by Gasteiger charge is -2.21. The molecule has 2 aliphatic carbocycles. The Morgan fingerprint density at radius 1 is 0.939 bits per heavy atom. The van der Waals surface area contributed by atoms with E-state index < -0.39 is 17.2 Å². The predicted molar refractivity (Wildman–Crippen MR) is 124 cm³/mol. The second-order valence-electron chi connectivity index (χ2n) is 9.19. The van der Waals surface area contributed by atoms with Gasteiger partial charge in [-0.2, -0.15) is 0 Å². The van der Waals surface area contributed by atoms with Crippen molar-refractivity contribution >= 4 is 17.5 Å². The summed E-state index contributed by atoms with van der Waals surface area (Å²) in [6.07, 6.45) is 14.7. The first-order valence-electron chi connectivity index (χ1n) is 11.8. The van der Waals surface area contributed by atoms with E-state index in [-0.39, 0.29) is 23.7 Å². The number of carbonyl (C=O) groups is 2. The molecule has 2 saturated carbocycles. The first kappa shape index (κ1) is 21.4. The summed E-state index contributed by atoms with van der Waals surface area (Å²) in [7, 11) is 0. The molecular weight excluding hydrogens is 418 g/mol. The van der Waals surface area contributed by atoms with Crippen LogP contribution in [0.1, 0.15) is 77.4 Å². The fourth-order valence-corrected chi connectivity index (χ4v) is 4.57. The average Bonchev–Trinajstić information content (AvgIpc) is 3.60. The average molecular weight is 448 g/mol. The van der Waals surface area contributed by atoms with E-state index in [0.717, 1.165) is 31.3 Å². The number of aromatic nitrogens is 3. The molecule has 2 amide bonds. The predicted octanol–water partition coefficient (Wildman–Crippen LogP) is 3.07. The first-order valence-corrected chi connectivity index (χ1v) is 11.8. The van der Waals surface area contributed by atoms with Gasteiger partial charge in [-0.3, -0.25) is 14.4 Å². The summed E-state index contributed by atoms with van der Waals surface area (Å²) in [6.45, 7) is 0.771. The van der Waals surface area contributed by atoms with Gasteiger partial charge in [0.2, 0.25) is 5.43 Å². The van der Waals surface area contributed by atoms with E-state index in [9.17, 15) is 14.4 Å². The first-order chi connectivity index (χ1) is 16.1. The van der Waals surface area contributed by atoms with Crippen LogP contribution in [0.5, 0.6) is 0 Å². The van der Waals surface area contributed by atoms with E-state index in [1.807, 2.05) is 39.6 Å². The van der Waals surface area contributed by atoms with Crippen LogP contribution in [0.2, 0.25) is 0 Å². The smallest absolute Gasteiger partial charge is 0.257 e. The third-order valence-electron chi connectivity index (χ3n) is 6.62. The molecule has 0 bridgehead atoms. The Labute approximate surface area is 192 Å². The number of fused-ring (bicyclic) bond motifs is 1. The van der Waals surface area contributed by atoms with Crippen LogP contribution >= 0.6 is 0 Å². The number of amides is 2. The van der Waals surface area contributed by atoms with Crippen molar-refractivity contribution < 1.29 is 9.59 Å². The maximum absolute atomic E-state index is 13.1. The fourth-order valence-electron chi connectivity index (χ4n) is 4.57. The summed E-state index contributed by atoms with van der Waals surface area (Å²) in [4.78, 5) is 43.4. The van der Waals surface area contributed by atoms with Crippen molar-refractivity contribution in [1.29, 1.82) is 0 Å². The molecule has 2 fully saturated rings. The summed E-state index contributed by atoms with van der Waals surface area (Å²) in [6, 6.07) is 5.92. The van der Waals surface area contributed by atoms with E-state index in [2.05, 4.69) is 15.6 Å². The van der Waals surface area contributed by atoms with Crippen LogP contribution in [0, 0.1) is 5.92 Å². The van der Waals surface area contributed by atoms with Crippen molar-refractivity contribution in [2.45, 2.75) is 57.5 Å². The minimum absolute atomic E-state index is 0.00372. The number of carbonyl (C=O) groups excluding carboxylic acids is 2. The van der Waals surface area contributed by atoms with E-state index in [1.165, 1.54) is 19.3 Å². The molecule has 3 aromatic heterocycles. The number of nitrogens with zero attached hydrogens (tertiary/aromatic N) is 3. The summed E-state index contributed by atoms with van der Waals surface area (Å²) >= 11 is 0. The molecule has 0 atom stereocenters. The Morgan fingerprint density at radius 2 is 1.67 bits per heavy atom. The highest BCUT2D eigenvalue weighted by molar-refractivity contribution is 5.99. The van der Waals surface area contributed by atoms with Crippen LogP contribution in [-0.4, -0.2) is 32.3 Å². The quantitative estimate of drug-likeness (QED) is 0.582. The van der Waals surface area contributed by atoms with Gasteiger partial charge in [0.1, 0.15) is 16.8 Å². The largest absolute Gasteiger partial charge is 0.352 e. The van der Waals surface area contributed by atoms with Gasteiger partial charge in [0.05, 0.1) is 12.2 Å². The normalized spacial score (nSPS) is 16.6. The molecule has 0 saturated heterocycles. The minimum Gasteiger partial charge on any atom is -0.352 e. The molecule has 0 spiro atoms. The maximum Gasteiger partial charge on any atom is 0.257 e. The molecule has 3 heterocycles. The van der Waals surface area contributed by atoms with Crippen molar-refractivity contribution in [3.8, 4) is 0 Å². The topological polar surface area (TPSA) is 97.5 Å². The molecule has 5 rings (SSSR count). The number of hydrogen-bond acceptors (Lipinski definition) is 4. The number of nitrogens with one attached hydrogen (secondary N) is 2. The Kier molecular flexibility index (Phi) is 5.98. The van der Waals surface area contributed by atoms with Gasteiger partial charge in [0.25, 0.3) is 11.8 Å². The second kappa shape index (κ2) is 9.21. The molecule has 0 aromatic carbocycles. The van der Waals surface area contributed by atoms with Crippen LogP contribution in [-0.2, 0) is 6.54 Å². The molecule has 2 N–H and O–H groups in total. The van der Waals surface area contributed by atoms with Crippen molar-refractivity contribution in [3.05, 3.63) is 70.0 Å². The zero-order valence-corrected chi connectivity index (χ0v) is 18.6. The molecule has 2 aliphatic rings. The molecule has 8 heteroatoms. The molecule has 3 aromatic rings. The monoisotopic (exact) mass is 447 g/mol. The number of rotatable bonds is 7. The number of pyridine rings is 2. The van der Waals surface area contributed by atoms with Crippen LogP contribution in [0.25, 0.3) is 5.65 Å². The summed E-state index contributed by atoms with van der Waals surface area (Å²) in [5.74, 6) is -0.423. The van der Waals surface area contributed by atoms with Crippen LogP contribution in [0.3, 0.4) is 0 Å². The highest BCUT2D eigenvalue weighted by Crippen LogP contribution is 2.34. The lowest BCUT2D eigenvalue weighted by Crippen LogP contribution is -2.37. The maximum atomic E-state index is 13.1. The zero-order chi connectivity index (χ0) is 22.8. The highest BCUT2D eigenvalue weighted by Gasteiger charge is 2.27. The van der Waals surface area contributed by atoms with Crippen LogP contribution < -0.4 is 16.1 Å². The summed E-state index contributed by atoms with van der Waals surface area (Å²) < 4.78 is 3.72. The summed E-state index contributed by atoms with van der Waals surface area (Å²) in [5, 5.41) is 5.73. The van der Waals surface area contributed by atoms with Gasteiger partial charge < -0.3 is 19.6 Å². The standard InChI is InChI=1S/C25H29N5O3/c31-23-20(24(32)26-12-17-6-2-1-3-7-17)15-30(19-9-10-19)16-21(23)25(33)27-13-18-14-29-11-5-4-8-22(29)28-18/h4-5,8,11,14-17,19H,1-3,6-7,9-10,12-13H2,(H,26,32)(H,27,33). The van der Waals surface area contributed by atoms with E-state index >= 15 is 0 Å². The van der Waals surface area contributed by atoms with E-state index in [1.54, 1.807) is 12.4 Å². The van der Waals surface area contributed by atoms with Crippen LogP contribution in [0.15, 0.2) is 47.8 Å². The molecule has 0 radical (unpaired) electrons. The van der Waals surface area contributed by atoms with Gasteiger partial charge >= 0.3 is 0 Å². The number of hydrogen-bond donors (Lipinski definition) is 2. The van der Waals surface area contributed by atoms with Gasteiger partial charge in [-0.25, -0.2) is 4.98 Å². The van der Waals surface area contributed by atoms with Crippen molar-refractivity contribution in [1.82, 2.24) is 24.6 Å². The van der Waals surface area contributed by atoms with Crippen molar-refractivity contribution in [3.63, 3.8) is 0 Å². The molecular formula is C25H29N5O3. The third-order valence-corrected chi connectivity index (χ3v) is 6.62. The van der Waals surface area contributed by atoms with Gasteiger partial charge in [0.15, 0.2) is 0 Å². The minimum atomic E-state index is -0.527. The zero-order valence-electron chi connectivity index (χ0n) is 18.6. The highest BCUT2D eigenvalue weighted by atomic mass is 16.2. The molecule has 0 unspecified atom stereocenters. The Balaban J connectivity index is 1.32. The Bertz CT molecular complexity index is 1200. The van der Waals surface area contributed by atoms with Gasteiger partial charge in [-0.1, -0.05) is 25.3 Å². The lowest BCUT2D eigenvalue weighted by molar-refractivity contribution is 0.0941. The lowest BCUT2D eigenvalue weighted by atomic mass is 9.89. The second-order valence-corrected chi connectivity index (χ2v) is 9.19. The Hall–Kier alpha value is -3.42. The third kappa shape index (κ3) is 4.84. The van der Waals surface area contributed by atoms with Crippen molar-refractivity contribution in [2.24, 2.45) is 5.92 Å².